The second kappa shape index (κ2) is 10.8. The molecule has 1 saturated heterocycles. The Morgan fingerprint density at radius 2 is 2.00 bits per heavy atom. The molecule has 1 unspecified atom stereocenters. The summed E-state index contributed by atoms with van der Waals surface area (Å²) in [6, 6.07) is 10.6. The van der Waals surface area contributed by atoms with Crippen molar-refractivity contribution in [2.75, 3.05) is 32.7 Å². The predicted octanol–water partition coefficient (Wildman–Crippen LogP) is 2.16. The lowest BCUT2D eigenvalue weighted by molar-refractivity contribution is -0.130. The van der Waals surface area contributed by atoms with Crippen molar-refractivity contribution in [2.45, 2.75) is 19.9 Å². The second-order valence-corrected chi connectivity index (χ2v) is 5.51. The lowest BCUT2D eigenvalue weighted by atomic mass is 10.1. The predicted molar refractivity (Wildman–Crippen MR) is 95.6 cm³/mol. The number of hydrogen-bond donors (Lipinski definition) is 1. The highest BCUT2D eigenvalue weighted by Crippen LogP contribution is 2.19. The Labute approximate surface area is 145 Å². The molecule has 1 heterocycles. The molecule has 1 aliphatic rings. The lowest BCUT2D eigenvalue weighted by Crippen LogP contribution is -2.39. The van der Waals surface area contributed by atoms with Crippen LogP contribution in [-0.2, 0) is 11.3 Å². The van der Waals surface area contributed by atoms with E-state index in [4.69, 9.17) is 5.73 Å². The SMILES string of the molecule is CCN(CC1CCN(Cc2ccccc2)C1)C(=O)CN.Cl.Cl. The number of nitrogens with two attached hydrogens (primary N) is 1. The zero-order chi connectivity index (χ0) is 14.4. The minimum atomic E-state index is 0. The molecule has 1 aromatic carbocycles. The standard InChI is InChI=1S/C16H25N3O.2ClH/c1-2-19(16(20)10-17)13-15-8-9-18(12-15)11-14-6-4-3-5-7-14;;/h3-7,15H,2,8-13,17H2,1H3;2*1H. The maximum atomic E-state index is 11.7. The number of hydrogen-bond acceptors (Lipinski definition) is 3. The van der Waals surface area contributed by atoms with Crippen LogP contribution in [0.15, 0.2) is 30.3 Å². The Bertz CT molecular complexity index is 431. The van der Waals surface area contributed by atoms with Crippen molar-refractivity contribution in [1.29, 1.82) is 0 Å². The second-order valence-electron chi connectivity index (χ2n) is 5.51. The van der Waals surface area contributed by atoms with Crippen LogP contribution < -0.4 is 5.73 Å². The van der Waals surface area contributed by atoms with Gasteiger partial charge in [0, 0.05) is 26.2 Å². The van der Waals surface area contributed by atoms with Gasteiger partial charge in [-0.1, -0.05) is 30.3 Å². The lowest BCUT2D eigenvalue weighted by Gasteiger charge is -2.24. The molecule has 2 rings (SSSR count). The van der Waals surface area contributed by atoms with E-state index < -0.39 is 0 Å². The van der Waals surface area contributed by atoms with Crippen LogP contribution >= 0.6 is 24.8 Å². The number of rotatable bonds is 6. The molecule has 0 saturated carbocycles. The average Bonchev–Trinajstić information content (AvgIpc) is 2.92. The van der Waals surface area contributed by atoms with Crippen LogP contribution in [0, 0.1) is 5.92 Å². The van der Waals surface area contributed by atoms with Gasteiger partial charge in [0.25, 0.3) is 0 Å². The largest absolute Gasteiger partial charge is 0.342 e. The van der Waals surface area contributed by atoms with Crippen molar-refractivity contribution < 1.29 is 4.79 Å². The first-order valence-corrected chi connectivity index (χ1v) is 7.47. The number of halogens is 2. The summed E-state index contributed by atoms with van der Waals surface area (Å²) in [4.78, 5) is 16.0. The Hall–Kier alpha value is -0.810. The maximum Gasteiger partial charge on any atom is 0.236 e. The van der Waals surface area contributed by atoms with Gasteiger partial charge in [-0.2, -0.15) is 0 Å². The number of nitrogens with zero attached hydrogens (tertiary/aromatic N) is 2. The molecule has 126 valence electrons. The fraction of sp³-hybridized carbons (Fsp3) is 0.562. The van der Waals surface area contributed by atoms with Crippen molar-refractivity contribution in [2.24, 2.45) is 11.7 Å². The van der Waals surface area contributed by atoms with E-state index in [2.05, 4.69) is 29.2 Å². The Morgan fingerprint density at radius 1 is 1.32 bits per heavy atom. The summed E-state index contributed by atoms with van der Waals surface area (Å²) in [5, 5.41) is 0. The topological polar surface area (TPSA) is 49.6 Å². The quantitative estimate of drug-likeness (QED) is 0.857. The van der Waals surface area contributed by atoms with Gasteiger partial charge in [-0.05, 0) is 31.4 Å². The summed E-state index contributed by atoms with van der Waals surface area (Å²) in [7, 11) is 0. The minimum Gasteiger partial charge on any atom is -0.342 e. The van der Waals surface area contributed by atoms with Crippen LogP contribution in [0.5, 0.6) is 0 Å². The minimum absolute atomic E-state index is 0. The number of carbonyl (C=O) groups is 1. The molecule has 0 radical (unpaired) electrons. The van der Waals surface area contributed by atoms with Gasteiger partial charge in [0.2, 0.25) is 5.91 Å². The molecule has 6 heteroatoms. The molecule has 1 fully saturated rings. The van der Waals surface area contributed by atoms with Crippen molar-refractivity contribution in [3.63, 3.8) is 0 Å². The normalized spacial score (nSPS) is 17.5. The van der Waals surface area contributed by atoms with E-state index in [1.807, 2.05) is 17.9 Å². The molecule has 4 nitrogen and oxygen atoms in total. The average molecular weight is 348 g/mol. The molecule has 0 spiro atoms. The highest BCUT2D eigenvalue weighted by Gasteiger charge is 2.25. The zero-order valence-corrected chi connectivity index (χ0v) is 14.7. The summed E-state index contributed by atoms with van der Waals surface area (Å²) in [6.45, 7) is 6.94. The van der Waals surface area contributed by atoms with Crippen LogP contribution in [0.4, 0.5) is 0 Å². The molecule has 22 heavy (non-hydrogen) atoms. The molecular formula is C16H27Cl2N3O. The van der Waals surface area contributed by atoms with E-state index in [-0.39, 0.29) is 37.3 Å². The van der Waals surface area contributed by atoms with Gasteiger partial charge < -0.3 is 10.6 Å². The first-order valence-electron chi connectivity index (χ1n) is 7.47. The Kier molecular flexibility index (Phi) is 10.4. The van der Waals surface area contributed by atoms with Gasteiger partial charge in [-0.15, -0.1) is 24.8 Å². The number of likely N-dealkylation sites (tertiary alicyclic amines) is 1. The van der Waals surface area contributed by atoms with Gasteiger partial charge in [-0.25, -0.2) is 0 Å². The summed E-state index contributed by atoms with van der Waals surface area (Å²) in [6.07, 6.45) is 1.17. The van der Waals surface area contributed by atoms with Crippen LogP contribution in [0.1, 0.15) is 18.9 Å². The molecule has 0 aromatic heterocycles. The summed E-state index contributed by atoms with van der Waals surface area (Å²) in [5.74, 6) is 0.642. The number of benzene rings is 1. The molecule has 1 aromatic rings. The summed E-state index contributed by atoms with van der Waals surface area (Å²) >= 11 is 0. The number of amides is 1. The molecule has 1 aliphatic heterocycles. The van der Waals surface area contributed by atoms with Gasteiger partial charge >= 0.3 is 0 Å². The van der Waals surface area contributed by atoms with Crippen molar-refractivity contribution in [3.05, 3.63) is 35.9 Å². The number of likely N-dealkylation sites (N-methyl/N-ethyl adjacent to an activating group) is 1. The van der Waals surface area contributed by atoms with E-state index in [0.29, 0.717) is 5.92 Å². The molecule has 2 N–H and O–H groups in total. The van der Waals surface area contributed by atoms with Crippen LogP contribution in [0.25, 0.3) is 0 Å². The van der Waals surface area contributed by atoms with Crippen molar-refractivity contribution >= 4 is 30.7 Å². The van der Waals surface area contributed by atoms with Gasteiger partial charge in [0.05, 0.1) is 6.54 Å². The maximum absolute atomic E-state index is 11.7. The molecule has 1 amide bonds. The molecule has 0 aliphatic carbocycles. The smallest absolute Gasteiger partial charge is 0.236 e. The molecule has 0 bridgehead atoms. The van der Waals surface area contributed by atoms with E-state index in [9.17, 15) is 4.79 Å². The first kappa shape index (κ1) is 21.2. The summed E-state index contributed by atoms with van der Waals surface area (Å²) < 4.78 is 0. The van der Waals surface area contributed by atoms with E-state index in [1.165, 1.54) is 12.0 Å². The van der Waals surface area contributed by atoms with Gasteiger partial charge in [0.15, 0.2) is 0 Å². The third-order valence-corrected chi connectivity index (χ3v) is 4.01. The van der Waals surface area contributed by atoms with Crippen LogP contribution in [0.3, 0.4) is 0 Å². The van der Waals surface area contributed by atoms with E-state index >= 15 is 0 Å². The first-order chi connectivity index (χ1) is 9.72. The van der Waals surface area contributed by atoms with Crippen LogP contribution in [-0.4, -0.2) is 48.4 Å². The van der Waals surface area contributed by atoms with E-state index in [1.54, 1.807) is 0 Å². The fourth-order valence-corrected chi connectivity index (χ4v) is 2.90. The zero-order valence-electron chi connectivity index (χ0n) is 13.1. The van der Waals surface area contributed by atoms with Crippen LogP contribution in [0.2, 0.25) is 0 Å². The van der Waals surface area contributed by atoms with Gasteiger partial charge in [0.1, 0.15) is 0 Å². The third-order valence-electron chi connectivity index (χ3n) is 4.01. The summed E-state index contributed by atoms with van der Waals surface area (Å²) in [5.41, 5.74) is 6.81. The van der Waals surface area contributed by atoms with E-state index in [0.717, 1.165) is 32.7 Å². The Balaban J connectivity index is 0.00000220. The monoisotopic (exact) mass is 347 g/mol. The highest BCUT2D eigenvalue weighted by molar-refractivity contribution is 5.85. The molecular weight excluding hydrogens is 321 g/mol. The fourth-order valence-electron chi connectivity index (χ4n) is 2.90. The third kappa shape index (κ3) is 6.13. The number of carbonyl (C=O) groups excluding carboxylic acids is 1. The van der Waals surface area contributed by atoms with Gasteiger partial charge in [-0.3, -0.25) is 9.69 Å². The highest BCUT2D eigenvalue weighted by atomic mass is 35.5. The van der Waals surface area contributed by atoms with Crippen molar-refractivity contribution in [1.82, 2.24) is 9.80 Å². The van der Waals surface area contributed by atoms with Crippen molar-refractivity contribution in [3.8, 4) is 0 Å². The Morgan fingerprint density at radius 3 is 2.59 bits per heavy atom. The molecule has 1 atom stereocenters.